The summed E-state index contributed by atoms with van der Waals surface area (Å²) in [7, 11) is 0. The van der Waals surface area contributed by atoms with E-state index in [1.807, 2.05) is 0 Å². The second kappa shape index (κ2) is 7.95. The lowest BCUT2D eigenvalue weighted by Gasteiger charge is -2.28. The van der Waals surface area contributed by atoms with Crippen molar-refractivity contribution in [2.75, 3.05) is 6.54 Å². The van der Waals surface area contributed by atoms with Gasteiger partial charge in [0.05, 0.1) is 0 Å². The van der Waals surface area contributed by atoms with Crippen molar-refractivity contribution in [3.05, 3.63) is 34.9 Å². The summed E-state index contributed by atoms with van der Waals surface area (Å²) in [6.07, 6.45) is 0.518. The molecular formula is C18H23ClN2O5. The van der Waals surface area contributed by atoms with Crippen LogP contribution in [0.3, 0.4) is 0 Å². The molecule has 0 aromatic heterocycles. The SMILES string of the molecule is CC(C)(C)OC(=O)N1CCC[C@H]1C(=O)NC(C(=O)O)c1cccc(Cl)c1. The third kappa shape index (κ3) is 5.11. The van der Waals surface area contributed by atoms with Crippen LogP contribution in [0.25, 0.3) is 0 Å². The van der Waals surface area contributed by atoms with Gasteiger partial charge in [0.2, 0.25) is 5.91 Å². The van der Waals surface area contributed by atoms with E-state index >= 15 is 0 Å². The van der Waals surface area contributed by atoms with Gasteiger partial charge in [-0.05, 0) is 51.3 Å². The fourth-order valence-electron chi connectivity index (χ4n) is 2.79. The molecular weight excluding hydrogens is 360 g/mol. The number of carbonyl (C=O) groups excluding carboxylic acids is 2. The maximum Gasteiger partial charge on any atom is 0.410 e. The molecule has 2 atom stereocenters. The van der Waals surface area contributed by atoms with Gasteiger partial charge in [0, 0.05) is 11.6 Å². The Labute approximate surface area is 157 Å². The number of hydrogen-bond acceptors (Lipinski definition) is 4. The third-order valence-corrected chi connectivity index (χ3v) is 4.13. The van der Waals surface area contributed by atoms with Crippen molar-refractivity contribution >= 4 is 29.6 Å². The predicted octanol–water partition coefficient (Wildman–Crippen LogP) is 2.98. The fourth-order valence-corrected chi connectivity index (χ4v) is 2.99. The summed E-state index contributed by atoms with van der Waals surface area (Å²) < 4.78 is 5.33. The van der Waals surface area contributed by atoms with E-state index in [1.54, 1.807) is 39.0 Å². The Balaban J connectivity index is 2.13. The summed E-state index contributed by atoms with van der Waals surface area (Å²) in [5, 5.41) is 12.4. The van der Waals surface area contributed by atoms with Crippen molar-refractivity contribution in [3.8, 4) is 0 Å². The average molecular weight is 383 g/mol. The Morgan fingerprint density at radius 2 is 2.04 bits per heavy atom. The smallest absolute Gasteiger partial charge is 0.410 e. The van der Waals surface area contributed by atoms with Crippen LogP contribution < -0.4 is 5.32 Å². The number of halogens is 1. The Hall–Kier alpha value is -2.28. The maximum atomic E-state index is 12.6. The highest BCUT2D eigenvalue weighted by atomic mass is 35.5. The molecule has 0 aliphatic carbocycles. The normalized spacial score (nSPS) is 18.3. The Bertz CT molecular complexity index is 701. The molecule has 2 N–H and O–H groups in total. The number of benzene rings is 1. The minimum atomic E-state index is -1.25. The average Bonchev–Trinajstić information content (AvgIpc) is 3.00. The summed E-state index contributed by atoms with van der Waals surface area (Å²) in [5.74, 6) is -1.73. The number of amides is 2. The van der Waals surface area contributed by atoms with Crippen LogP contribution in [0.2, 0.25) is 5.02 Å². The molecule has 2 rings (SSSR count). The van der Waals surface area contributed by atoms with Crippen LogP contribution in [0.1, 0.15) is 45.2 Å². The van der Waals surface area contributed by atoms with Gasteiger partial charge < -0.3 is 15.2 Å². The molecule has 0 saturated carbocycles. The second-order valence-corrected chi connectivity index (χ2v) is 7.60. The summed E-state index contributed by atoms with van der Waals surface area (Å²) in [6, 6.07) is 4.29. The Morgan fingerprint density at radius 3 is 2.62 bits per heavy atom. The van der Waals surface area contributed by atoms with Gasteiger partial charge in [-0.25, -0.2) is 9.59 Å². The first kappa shape index (κ1) is 20.0. The summed E-state index contributed by atoms with van der Waals surface area (Å²) in [6.45, 7) is 5.63. The number of likely N-dealkylation sites (tertiary alicyclic amines) is 1. The number of carbonyl (C=O) groups is 3. The van der Waals surface area contributed by atoms with E-state index in [9.17, 15) is 19.5 Å². The van der Waals surface area contributed by atoms with E-state index in [4.69, 9.17) is 16.3 Å². The maximum absolute atomic E-state index is 12.6. The van der Waals surface area contributed by atoms with Crippen LogP contribution in [0, 0.1) is 0 Å². The highest BCUT2D eigenvalue weighted by Gasteiger charge is 2.38. The van der Waals surface area contributed by atoms with Crippen LogP contribution in [0.15, 0.2) is 24.3 Å². The predicted molar refractivity (Wildman–Crippen MR) is 95.9 cm³/mol. The largest absolute Gasteiger partial charge is 0.479 e. The number of ether oxygens (including phenoxy) is 1. The zero-order valence-corrected chi connectivity index (χ0v) is 15.7. The van der Waals surface area contributed by atoms with Gasteiger partial charge in [0.15, 0.2) is 6.04 Å². The van der Waals surface area contributed by atoms with E-state index in [1.165, 1.54) is 11.0 Å². The standard InChI is InChI=1S/C18H23ClN2O5/c1-18(2,3)26-17(25)21-9-5-8-13(21)15(22)20-14(16(23)24)11-6-4-7-12(19)10-11/h4,6-7,10,13-14H,5,8-9H2,1-3H3,(H,20,22)(H,23,24)/t13-,14?/m0/s1. The summed E-state index contributed by atoms with van der Waals surface area (Å²) in [5.41, 5.74) is -0.314. The zero-order valence-electron chi connectivity index (χ0n) is 15.0. The molecule has 2 amide bonds. The quantitative estimate of drug-likeness (QED) is 0.834. The Morgan fingerprint density at radius 1 is 1.35 bits per heavy atom. The van der Waals surface area contributed by atoms with Crippen LogP contribution in [0.5, 0.6) is 0 Å². The molecule has 1 unspecified atom stereocenters. The first-order chi connectivity index (χ1) is 12.1. The van der Waals surface area contributed by atoms with Crippen molar-refractivity contribution in [1.82, 2.24) is 10.2 Å². The molecule has 1 aromatic rings. The lowest BCUT2D eigenvalue weighted by molar-refractivity contribution is -0.142. The number of rotatable bonds is 4. The molecule has 0 spiro atoms. The summed E-state index contributed by atoms with van der Waals surface area (Å²) >= 11 is 5.91. The van der Waals surface area contributed by atoms with Gasteiger partial charge in [-0.2, -0.15) is 0 Å². The van der Waals surface area contributed by atoms with E-state index in [0.717, 1.165) is 0 Å². The molecule has 142 valence electrons. The monoisotopic (exact) mass is 382 g/mol. The minimum absolute atomic E-state index is 0.361. The van der Waals surface area contributed by atoms with E-state index in [-0.39, 0.29) is 0 Å². The number of carboxylic acids is 1. The van der Waals surface area contributed by atoms with E-state index in [2.05, 4.69) is 5.32 Å². The lowest BCUT2D eigenvalue weighted by atomic mass is 10.1. The molecule has 1 aromatic carbocycles. The fraction of sp³-hybridized carbons (Fsp3) is 0.500. The topological polar surface area (TPSA) is 95.9 Å². The van der Waals surface area contributed by atoms with Gasteiger partial charge >= 0.3 is 12.1 Å². The van der Waals surface area contributed by atoms with Crippen LogP contribution in [0.4, 0.5) is 4.79 Å². The number of carboxylic acid groups (broad SMARTS) is 1. The number of aliphatic carboxylic acids is 1. The molecule has 1 saturated heterocycles. The van der Waals surface area contributed by atoms with E-state index < -0.39 is 35.7 Å². The molecule has 8 heteroatoms. The van der Waals surface area contributed by atoms with Crippen LogP contribution >= 0.6 is 11.6 Å². The molecule has 1 heterocycles. The second-order valence-electron chi connectivity index (χ2n) is 7.17. The number of hydrogen-bond donors (Lipinski definition) is 2. The van der Waals surface area contributed by atoms with Crippen LogP contribution in [-0.2, 0) is 14.3 Å². The molecule has 1 aliphatic heterocycles. The molecule has 1 aliphatic rings. The van der Waals surface area contributed by atoms with Crippen molar-refractivity contribution < 1.29 is 24.2 Å². The highest BCUT2D eigenvalue weighted by molar-refractivity contribution is 6.30. The molecule has 7 nitrogen and oxygen atoms in total. The zero-order chi connectivity index (χ0) is 19.5. The minimum Gasteiger partial charge on any atom is -0.479 e. The molecule has 0 bridgehead atoms. The van der Waals surface area contributed by atoms with Gasteiger partial charge in [0.25, 0.3) is 0 Å². The molecule has 1 fully saturated rings. The lowest BCUT2D eigenvalue weighted by Crippen LogP contribution is -2.49. The van der Waals surface area contributed by atoms with Crippen molar-refractivity contribution in [3.63, 3.8) is 0 Å². The Kier molecular flexibility index (Phi) is 6.13. The van der Waals surface area contributed by atoms with Gasteiger partial charge in [-0.15, -0.1) is 0 Å². The van der Waals surface area contributed by atoms with Crippen molar-refractivity contribution in [2.45, 2.75) is 51.3 Å². The van der Waals surface area contributed by atoms with Gasteiger partial charge in [-0.1, -0.05) is 23.7 Å². The van der Waals surface area contributed by atoms with Crippen LogP contribution in [-0.4, -0.2) is 46.2 Å². The summed E-state index contributed by atoms with van der Waals surface area (Å²) in [4.78, 5) is 37.9. The first-order valence-electron chi connectivity index (χ1n) is 8.37. The number of nitrogens with one attached hydrogen (secondary N) is 1. The molecule has 26 heavy (non-hydrogen) atoms. The number of nitrogens with zero attached hydrogens (tertiary/aromatic N) is 1. The first-order valence-corrected chi connectivity index (χ1v) is 8.74. The van der Waals surface area contributed by atoms with Gasteiger partial charge in [0.1, 0.15) is 11.6 Å². The third-order valence-electron chi connectivity index (χ3n) is 3.90. The van der Waals surface area contributed by atoms with Crippen molar-refractivity contribution in [1.29, 1.82) is 0 Å². The van der Waals surface area contributed by atoms with Crippen molar-refractivity contribution in [2.24, 2.45) is 0 Å². The molecule has 0 radical (unpaired) electrons. The highest BCUT2D eigenvalue weighted by Crippen LogP contribution is 2.23. The van der Waals surface area contributed by atoms with E-state index in [0.29, 0.717) is 30.0 Å². The van der Waals surface area contributed by atoms with Gasteiger partial charge in [-0.3, -0.25) is 9.69 Å².